The summed E-state index contributed by atoms with van der Waals surface area (Å²) in [5.41, 5.74) is 11.4. The molecule has 3 rings (SSSR count). The fourth-order valence-electron chi connectivity index (χ4n) is 2.51. The van der Waals surface area contributed by atoms with E-state index in [1.165, 1.54) is 11.1 Å². The fourth-order valence-corrected chi connectivity index (χ4v) is 2.51. The summed E-state index contributed by atoms with van der Waals surface area (Å²) < 4.78 is 0. The first-order chi connectivity index (χ1) is 10.2. The summed E-state index contributed by atoms with van der Waals surface area (Å²) in [5.74, 6) is 0.507. The Bertz CT molecular complexity index is 732. The molecular weight excluding hydrogens is 260 g/mol. The second-order valence-electron chi connectivity index (χ2n) is 5.17. The molecule has 3 N–H and O–H groups in total. The van der Waals surface area contributed by atoms with Crippen molar-refractivity contribution in [2.45, 2.75) is 19.8 Å². The Hall–Kier alpha value is -2.62. The average Bonchev–Trinajstić information content (AvgIpc) is 2.87. The highest BCUT2D eigenvalue weighted by Gasteiger charge is 2.13. The molecule has 3 aromatic rings. The summed E-state index contributed by atoms with van der Waals surface area (Å²) in [6.45, 7) is 2.11. The van der Waals surface area contributed by atoms with Gasteiger partial charge in [0.05, 0.1) is 11.3 Å². The number of hydrogen-bond donors (Lipinski definition) is 2. The number of hydrogen-bond acceptors (Lipinski definition) is 3. The van der Waals surface area contributed by atoms with Crippen molar-refractivity contribution >= 4 is 5.82 Å². The van der Waals surface area contributed by atoms with Gasteiger partial charge in [-0.05, 0) is 37.5 Å². The predicted octanol–water partition coefficient (Wildman–Crippen LogP) is 3.15. The van der Waals surface area contributed by atoms with Crippen LogP contribution in [0.1, 0.15) is 16.8 Å². The van der Waals surface area contributed by atoms with E-state index in [1.54, 1.807) is 6.20 Å². The maximum Gasteiger partial charge on any atom is 0.154 e. The molecule has 0 bridgehead atoms. The van der Waals surface area contributed by atoms with E-state index in [2.05, 4.69) is 46.4 Å². The van der Waals surface area contributed by atoms with Crippen LogP contribution in [-0.4, -0.2) is 15.2 Å². The monoisotopic (exact) mass is 278 g/mol. The van der Waals surface area contributed by atoms with Gasteiger partial charge >= 0.3 is 0 Å². The van der Waals surface area contributed by atoms with Crippen molar-refractivity contribution in [2.24, 2.45) is 0 Å². The number of nitrogens with two attached hydrogens (primary N) is 1. The Morgan fingerprint density at radius 3 is 2.76 bits per heavy atom. The van der Waals surface area contributed by atoms with Crippen LogP contribution in [0.3, 0.4) is 0 Å². The van der Waals surface area contributed by atoms with Crippen LogP contribution in [-0.2, 0) is 12.8 Å². The van der Waals surface area contributed by atoms with Crippen molar-refractivity contribution < 1.29 is 0 Å². The first-order valence-electron chi connectivity index (χ1n) is 7.03. The molecule has 0 atom stereocenters. The minimum Gasteiger partial charge on any atom is -0.382 e. The summed E-state index contributed by atoms with van der Waals surface area (Å²) in [5, 5.41) is 7.18. The highest BCUT2D eigenvalue weighted by molar-refractivity contribution is 5.73. The van der Waals surface area contributed by atoms with E-state index in [0.29, 0.717) is 5.82 Å². The fraction of sp³-hybridized carbons (Fsp3) is 0.176. The number of benzene rings is 1. The van der Waals surface area contributed by atoms with Gasteiger partial charge in [-0.3, -0.25) is 10.1 Å². The molecule has 0 aliphatic rings. The van der Waals surface area contributed by atoms with Gasteiger partial charge in [-0.15, -0.1) is 0 Å². The maximum atomic E-state index is 5.98. The van der Waals surface area contributed by atoms with Crippen LogP contribution in [0.4, 0.5) is 5.82 Å². The number of aryl methyl sites for hydroxylation is 3. The highest BCUT2D eigenvalue weighted by atomic mass is 15.2. The van der Waals surface area contributed by atoms with Crippen LogP contribution in [0.25, 0.3) is 11.3 Å². The zero-order chi connectivity index (χ0) is 14.7. The van der Waals surface area contributed by atoms with Crippen LogP contribution in [0, 0.1) is 6.92 Å². The minimum absolute atomic E-state index is 0.507. The second kappa shape index (κ2) is 5.79. The van der Waals surface area contributed by atoms with E-state index in [9.17, 15) is 0 Å². The van der Waals surface area contributed by atoms with Gasteiger partial charge in [0.25, 0.3) is 0 Å². The zero-order valence-corrected chi connectivity index (χ0v) is 12.0. The first-order valence-corrected chi connectivity index (χ1v) is 7.03. The van der Waals surface area contributed by atoms with Crippen molar-refractivity contribution in [1.82, 2.24) is 15.2 Å². The Labute approximate surface area is 124 Å². The largest absolute Gasteiger partial charge is 0.382 e. The molecule has 21 heavy (non-hydrogen) atoms. The van der Waals surface area contributed by atoms with Gasteiger partial charge in [-0.1, -0.05) is 35.9 Å². The van der Waals surface area contributed by atoms with Gasteiger partial charge in [0.15, 0.2) is 5.82 Å². The number of pyridine rings is 1. The SMILES string of the molecule is Cc1cccc(CCc2[nH]nc(N)c2-c2ccccn2)c1. The number of H-pyrrole nitrogens is 1. The molecular formula is C17H18N4. The van der Waals surface area contributed by atoms with Crippen molar-refractivity contribution in [3.63, 3.8) is 0 Å². The molecule has 0 aliphatic heterocycles. The Balaban J connectivity index is 1.84. The zero-order valence-electron chi connectivity index (χ0n) is 12.0. The highest BCUT2D eigenvalue weighted by Crippen LogP contribution is 2.26. The molecule has 2 aromatic heterocycles. The van der Waals surface area contributed by atoms with Crippen molar-refractivity contribution in [3.8, 4) is 11.3 Å². The van der Waals surface area contributed by atoms with Crippen LogP contribution < -0.4 is 5.73 Å². The van der Waals surface area contributed by atoms with Crippen LogP contribution in [0.15, 0.2) is 48.7 Å². The predicted molar refractivity (Wildman–Crippen MR) is 84.8 cm³/mol. The lowest BCUT2D eigenvalue weighted by atomic mass is 10.0. The van der Waals surface area contributed by atoms with Gasteiger partial charge in [0.1, 0.15) is 0 Å². The molecule has 0 amide bonds. The first kappa shape index (κ1) is 13.4. The van der Waals surface area contributed by atoms with E-state index in [1.807, 2.05) is 18.2 Å². The average molecular weight is 278 g/mol. The lowest BCUT2D eigenvalue weighted by molar-refractivity contribution is 0.893. The summed E-state index contributed by atoms with van der Waals surface area (Å²) in [7, 11) is 0. The van der Waals surface area contributed by atoms with Gasteiger partial charge in [0, 0.05) is 11.9 Å². The van der Waals surface area contributed by atoms with E-state index in [-0.39, 0.29) is 0 Å². The molecule has 0 unspecified atom stereocenters. The molecule has 4 nitrogen and oxygen atoms in total. The van der Waals surface area contributed by atoms with E-state index < -0.39 is 0 Å². The smallest absolute Gasteiger partial charge is 0.154 e. The van der Waals surface area contributed by atoms with Crippen molar-refractivity contribution in [2.75, 3.05) is 5.73 Å². The molecule has 0 saturated carbocycles. The molecule has 106 valence electrons. The third-order valence-corrected chi connectivity index (χ3v) is 3.54. The number of nitrogens with one attached hydrogen (secondary N) is 1. The summed E-state index contributed by atoms with van der Waals surface area (Å²) in [6.07, 6.45) is 3.58. The molecule has 0 saturated heterocycles. The standard InChI is InChI=1S/C17H18N4/c1-12-5-4-6-13(11-12)8-9-15-16(17(18)21-20-15)14-7-2-3-10-19-14/h2-7,10-11H,8-9H2,1H3,(H3,18,20,21). The number of nitrogens with zero attached hydrogens (tertiary/aromatic N) is 2. The number of rotatable bonds is 4. The molecule has 0 spiro atoms. The normalized spacial score (nSPS) is 10.7. The van der Waals surface area contributed by atoms with Crippen molar-refractivity contribution in [1.29, 1.82) is 0 Å². The number of aromatic amines is 1. The van der Waals surface area contributed by atoms with Crippen LogP contribution in [0.5, 0.6) is 0 Å². The van der Waals surface area contributed by atoms with Crippen LogP contribution in [0.2, 0.25) is 0 Å². The molecule has 0 fully saturated rings. The molecule has 4 heteroatoms. The molecule has 0 aliphatic carbocycles. The lowest BCUT2D eigenvalue weighted by Gasteiger charge is -2.05. The topological polar surface area (TPSA) is 67.6 Å². The van der Waals surface area contributed by atoms with E-state index in [0.717, 1.165) is 29.8 Å². The third kappa shape index (κ3) is 2.94. The maximum absolute atomic E-state index is 5.98. The Kier molecular flexibility index (Phi) is 3.69. The van der Waals surface area contributed by atoms with Crippen LogP contribution >= 0.6 is 0 Å². The van der Waals surface area contributed by atoms with Gasteiger partial charge in [-0.2, -0.15) is 5.10 Å². The Morgan fingerprint density at radius 2 is 2.00 bits per heavy atom. The second-order valence-corrected chi connectivity index (χ2v) is 5.17. The van der Waals surface area contributed by atoms with E-state index >= 15 is 0 Å². The van der Waals surface area contributed by atoms with Crippen molar-refractivity contribution in [3.05, 3.63) is 65.5 Å². The number of aromatic nitrogens is 3. The minimum atomic E-state index is 0.507. The molecule has 1 aromatic carbocycles. The number of anilines is 1. The van der Waals surface area contributed by atoms with Gasteiger partial charge < -0.3 is 5.73 Å². The molecule has 0 radical (unpaired) electrons. The lowest BCUT2D eigenvalue weighted by Crippen LogP contribution is -1.96. The van der Waals surface area contributed by atoms with E-state index in [4.69, 9.17) is 5.73 Å². The summed E-state index contributed by atoms with van der Waals surface area (Å²) in [4.78, 5) is 4.37. The summed E-state index contributed by atoms with van der Waals surface area (Å²) in [6, 6.07) is 14.4. The van der Waals surface area contributed by atoms with Gasteiger partial charge in [-0.25, -0.2) is 0 Å². The summed E-state index contributed by atoms with van der Waals surface area (Å²) >= 11 is 0. The third-order valence-electron chi connectivity index (χ3n) is 3.54. The van der Waals surface area contributed by atoms with Gasteiger partial charge in [0.2, 0.25) is 0 Å². The Morgan fingerprint density at radius 1 is 1.10 bits per heavy atom. The molecule has 2 heterocycles. The quantitative estimate of drug-likeness (QED) is 0.770. The number of nitrogen functional groups attached to an aromatic ring is 1.